The molecule has 0 saturated carbocycles. The third kappa shape index (κ3) is 12.2. The molecule has 21 heavy (non-hydrogen) atoms. The molecule has 0 spiro atoms. The van der Waals surface area contributed by atoms with Gasteiger partial charge in [-0.15, -0.1) is 0 Å². The lowest BCUT2D eigenvalue weighted by atomic mass is 9.98. The summed E-state index contributed by atoms with van der Waals surface area (Å²) in [6, 6.07) is 0.556. The molecular formula is C19H41NO. The molecule has 0 aromatic rings. The topological polar surface area (TPSA) is 21.3 Å². The van der Waals surface area contributed by atoms with Gasteiger partial charge in [-0.1, -0.05) is 72.1 Å². The van der Waals surface area contributed by atoms with Crippen molar-refractivity contribution in [2.75, 3.05) is 13.2 Å². The monoisotopic (exact) mass is 299 g/mol. The van der Waals surface area contributed by atoms with Crippen LogP contribution in [0.4, 0.5) is 0 Å². The summed E-state index contributed by atoms with van der Waals surface area (Å²) in [6.45, 7) is 10.9. The molecule has 0 aliphatic heterocycles. The lowest BCUT2D eigenvalue weighted by Gasteiger charge is -2.28. The van der Waals surface area contributed by atoms with Gasteiger partial charge in [0.25, 0.3) is 0 Å². The van der Waals surface area contributed by atoms with E-state index in [0.29, 0.717) is 12.1 Å². The minimum absolute atomic E-state index is 0.409. The Morgan fingerprint density at radius 1 is 0.714 bits per heavy atom. The summed E-state index contributed by atoms with van der Waals surface area (Å²) < 4.78 is 5.99. The predicted octanol–water partition coefficient (Wildman–Crippen LogP) is 5.70. The van der Waals surface area contributed by atoms with Gasteiger partial charge < -0.3 is 10.1 Å². The van der Waals surface area contributed by atoms with Crippen molar-refractivity contribution in [3.63, 3.8) is 0 Å². The zero-order valence-electron chi connectivity index (χ0n) is 15.3. The number of hydrogen-bond acceptors (Lipinski definition) is 2. The van der Waals surface area contributed by atoms with Crippen LogP contribution in [-0.4, -0.2) is 25.3 Å². The molecular weight excluding hydrogens is 258 g/mol. The van der Waals surface area contributed by atoms with Gasteiger partial charge in [0, 0.05) is 12.6 Å². The number of unbranched alkanes of at least 4 members (excludes halogenated alkanes) is 6. The lowest BCUT2D eigenvalue weighted by Crippen LogP contribution is -2.41. The Bertz CT molecular complexity index is 190. The second-order valence-corrected chi connectivity index (χ2v) is 6.25. The smallest absolute Gasteiger partial charge is 0.0727 e. The zero-order valence-corrected chi connectivity index (χ0v) is 15.3. The molecule has 2 atom stereocenters. The Morgan fingerprint density at radius 3 is 1.95 bits per heavy atom. The predicted molar refractivity (Wildman–Crippen MR) is 95.0 cm³/mol. The normalized spacial score (nSPS) is 14.3. The van der Waals surface area contributed by atoms with Crippen LogP contribution >= 0.6 is 0 Å². The van der Waals surface area contributed by atoms with Crippen LogP contribution < -0.4 is 5.32 Å². The fourth-order valence-corrected chi connectivity index (χ4v) is 2.97. The first-order valence-electron chi connectivity index (χ1n) is 9.64. The Balaban J connectivity index is 3.97. The van der Waals surface area contributed by atoms with Crippen LogP contribution in [0.1, 0.15) is 98.3 Å². The molecule has 2 nitrogen and oxygen atoms in total. The molecule has 0 bridgehead atoms. The first-order valence-corrected chi connectivity index (χ1v) is 9.64. The summed E-state index contributed by atoms with van der Waals surface area (Å²) in [5.74, 6) is 0. The molecule has 0 fully saturated rings. The molecule has 2 unspecified atom stereocenters. The fraction of sp³-hybridized carbons (Fsp3) is 1.00. The van der Waals surface area contributed by atoms with Gasteiger partial charge in [0.05, 0.1) is 6.10 Å². The van der Waals surface area contributed by atoms with E-state index in [1.54, 1.807) is 0 Å². The van der Waals surface area contributed by atoms with Crippen LogP contribution in [0.2, 0.25) is 0 Å². The van der Waals surface area contributed by atoms with E-state index in [9.17, 15) is 0 Å². The quantitative estimate of drug-likeness (QED) is 0.369. The van der Waals surface area contributed by atoms with Crippen LogP contribution in [0, 0.1) is 0 Å². The van der Waals surface area contributed by atoms with Crippen LogP contribution in [0.3, 0.4) is 0 Å². The Kier molecular flexibility index (Phi) is 16.2. The molecule has 0 aliphatic carbocycles. The van der Waals surface area contributed by atoms with E-state index in [-0.39, 0.29) is 0 Å². The Hall–Kier alpha value is -0.0800. The number of hydrogen-bond donors (Lipinski definition) is 1. The van der Waals surface area contributed by atoms with Crippen molar-refractivity contribution < 1.29 is 4.74 Å². The minimum atomic E-state index is 0.409. The van der Waals surface area contributed by atoms with Crippen LogP contribution in [0.15, 0.2) is 0 Å². The van der Waals surface area contributed by atoms with Gasteiger partial charge in [-0.2, -0.15) is 0 Å². The van der Waals surface area contributed by atoms with E-state index in [1.165, 1.54) is 70.6 Å². The zero-order chi connectivity index (χ0) is 15.8. The summed E-state index contributed by atoms with van der Waals surface area (Å²) in [6.07, 6.45) is 15.0. The Morgan fingerprint density at radius 2 is 1.38 bits per heavy atom. The van der Waals surface area contributed by atoms with E-state index in [4.69, 9.17) is 4.74 Å². The minimum Gasteiger partial charge on any atom is -0.377 e. The fourth-order valence-electron chi connectivity index (χ4n) is 2.97. The molecule has 0 aliphatic rings. The van der Waals surface area contributed by atoms with Crippen molar-refractivity contribution in [2.45, 2.75) is 110 Å². The number of nitrogens with one attached hydrogen (secondary N) is 1. The van der Waals surface area contributed by atoms with Crippen molar-refractivity contribution in [3.8, 4) is 0 Å². The van der Waals surface area contributed by atoms with E-state index in [2.05, 4.69) is 33.0 Å². The Labute approximate surface area is 134 Å². The molecule has 0 radical (unpaired) electrons. The third-order valence-electron chi connectivity index (χ3n) is 4.18. The number of rotatable bonds is 16. The highest BCUT2D eigenvalue weighted by Crippen LogP contribution is 2.16. The standard InChI is InChI=1S/C19H41NO/c1-5-9-10-11-12-13-14-16-18(20-17-7-3)19(15-6-2)21-8-4/h18-20H,5-17H2,1-4H3. The van der Waals surface area contributed by atoms with Crippen LogP contribution in [0.5, 0.6) is 0 Å². The van der Waals surface area contributed by atoms with Crippen molar-refractivity contribution >= 4 is 0 Å². The molecule has 0 rings (SSSR count). The maximum atomic E-state index is 5.99. The van der Waals surface area contributed by atoms with Crippen molar-refractivity contribution in [1.82, 2.24) is 5.32 Å². The highest BCUT2D eigenvalue weighted by Gasteiger charge is 2.19. The van der Waals surface area contributed by atoms with E-state index >= 15 is 0 Å². The average molecular weight is 300 g/mol. The first kappa shape index (κ1) is 20.9. The van der Waals surface area contributed by atoms with Gasteiger partial charge in [0.2, 0.25) is 0 Å². The van der Waals surface area contributed by atoms with Crippen LogP contribution in [0.25, 0.3) is 0 Å². The van der Waals surface area contributed by atoms with E-state index in [0.717, 1.165) is 13.2 Å². The molecule has 0 saturated heterocycles. The van der Waals surface area contributed by atoms with Gasteiger partial charge in [0.1, 0.15) is 0 Å². The maximum absolute atomic E-state index is 5.99. The van der Waals surface area contributed by atoms with Crippen molar-refractivity contribution in [3.05, 3.63) is 0 Å². The third-order valence-corrected chi connectivity index (χ3v) is 4.18. The van der Waals surface area contributed by atoms with E-state index < -0.39 is 0 Å². The summed E-state index contributed by atoms with van der Waals surface area (Å²) in [5, 5.41) is 3.73. The van der Waals surface area contributed by atoms with Gasteiger partial charge in [-0.05, 0) is 32.7 Å². The summed E-state index contributed by atoms with van der Waals surface area (Å²) in [4.78, 5) is 0. The number of ether oxygens (including phenoxy) is 1. The molecule has 0 heterocycles. The second kappa shape index (κ2) is 16.3. The summed E-state index contributed by atoms with van der Waals surface area (Å²) in [7, 11) is 0. The highest BCUT2D eigenvalue weighted by atomic mass is 16.5. The molecule has 0 aromatic carbocycles. The van der Waals surface area contributed by atoms with Gasteiger partial charge in [-0.25, -0.2) is 0 Å². The SMILES string of the molecule is CCCCCCCCCC(NCCC)C(CCC)OCC. The summed E-state index contributed by atoms with van der Waals surface area (Å²) in [5.41, 5.74) is 0. The average Bonchev–Trinajstić information content (AvgIpc) is 2.49. The lowest BCUT2D eigenvalue weighted by molar-refractivity contribution is 0.0253. The van der Waals surface area contributed by atoms with Crippen molar-refractivity contribution in [2.24, 2.45) is 0 Å². The molecule has 128 valence electrons. The molecule has 1 N–H and O–H groups in total. The highest BCUT2D eigenvalue weighted by molar-refractivity contribution is 4.77. The van der Waals surface area contributed by atoms with Gasteiger partial charge in [0.15, 0.2) is 0 Å². The van der Waals surface area contributed by atoms with Crippen LogP contribution in [-0.2, 0) is 4.74 Å². The molecule has 0 aromatic heterocycles. The second-order valence-electron chi connectivity index (χ2n) is 6.25. The molecule has 0 amide bonds. The summed E-state index contributed by atoms with van der Waals surface area (Å²) >= 11 is 0. The molecule has 2 heteroatoms. The van der Waals surface area contributed by atoms with Gasteiger partial charge in [-0.3, -0.25) is 0 Å². The van der Waals surface area contributed by atoms with Crippen molar-refractivity contribution in [1.29, 1.82) is 0 Å². The largest absolute Gasteiger partial charge is 0.377 e. The maximum Gasteiger partial charge on any atom is 0.0727 e. The van der Waals surface area contributed by atoms with E-state index in [1.807, 2.05) is 0 Å². The van der Waals surface area contributed by atoms with Gasteiger partial charge >= 0.3 is 0 Å². The first-order chi connectivity index (χ1) is 10.3.